The Labute approximate surface area is 105 Å². The van der Waals surface area contributed by atoms with Crippen LogP contribution in [0.3, 0.4) is 0 Å². The Morgan fingerprint density at radius 1 is 1.35 bits per heavy atom. The van der Waals surface area contributed by atoms with Crippen LogP contribution in [0.4, 0.5) is 0 Å². The van der Waals surface area contributed by atoms with Gasteiger partial charge in [0.2, 0.25) is 5.91 Å². The van der Waals surface area contributed by atoms with Crippen LogP contribution >= 0.6 is 11.3 Å². The van der Waals surface area contributed by atoms with Gasteiger partial charge in [-0.05, 0) is 44.9 Å². The van der Waals surface area contributed by atoms with Crippen LogP contribution in [0.15, 0.2) is 12.1 Å². The summed E-state index contributed by atoms with van der Waals surface area (Å²) >= 11 is 1.55. The lowest BCUT2D eigenvalue weighted by Gasteiger charge is -2.16. The molecule has 0 unspecified atom stereocenters. The first-order chi connectivity index (χ1) is 7.82. The van der Waals surface area contributed by atoms with Gasteiger partial charge in [0.15, 0.2) is 0 Å². The van der Waals surface area contributed by atoms with E-state index in [-0.39, 0.29) is 5.91 Å². The molecule has 0 aliphatic rings. The molecule has 2 aromatic rings. The molecule has 4 heteroatoms. The van der Waals surface area contributed by atoms with Crippen LogP contribution in [-0.4, -0.2) is 10.9 Å². The van der Waals surface area contributed by atoms with Crippen molar-refractivity contribution in [2.24, 2.45) is 5.73 Å². The molecule has 0 atom stereocenters. The quantitative estimate of drug-likeness (QED) is 0.888. The zero-order chi connectivity index (χ0) is 12.8. The maximum Gasteiger partial charge on any atom is 0.229 e. The van der Waals surface area contributed by atoms with Crippen LogP contribution in [0.1, 0.15) is 30.0 Å². The molecule has 0 aliphatic heterocycles. The van der Waals surface area contributed by atoms with Crippen LogP contribution in [0, 0.1) is 13.8 Å². The SMILES string of the molecule is Cc1cc(C)c2nc(C(C)(C)C(N)=O)sc2c1. The lowest BCUT2D eigenvalue weighted by molar-refractivity contribution is -0.122. The van der Waals surface area contributed by atoms with Gasteiger partial charge in [0, 0.05) is 0 Å². The molecule has 0 saturated heterocycles. The molecule has 0 bridgehead atoms. The van der Waals surface area contributed by atoms with E-state index in [0.717, 1.165) is 20.8 Å². The van der Waals surface area contributed by atoms with Crippen LogP contribution in [0.25, 0.3) is 10.2 Å². The minimum atomic E-state index is -0.704. The van der Waals surface area contributed by atoms with Gasteiger partial charge in [0.1, 0.15) is 5.01 Å². The lowest BCUT2D eigenvalue weighted by atomic mass is 9.94. The molecule has 1 aromatic carbocycles. The maximum absolute atomic E-state index is 11.4. The van der Waals surface area contributed by atoms with E-state index < -0.39 is 5.41 Å². The minimum absolute atomic E-state index is 0.342. The van der Waals surface area contributed by atoms with Gasteiger partial charge in [-0.2, -0.15) is 0 Å². The number of carbonyl (C=O) groups excluding carboxylic acids is 1. The number of nitrogens with zero attached hydrogens (tertiary/aromatic N) is 1. The van der Waals surface area contributed by atoms with Crippen LogP contribution < -0.4 is 5.73 Å². The van der Waals surface area contributed by atoms with Gasteiger partial charge in [0.25, 0.3) is 0 Å². The molecule has 0 saturated carbocycles. The predicted octanol–water partition coefficient (Wildman–Crippen LogP) is 2.68. The number of hydrogen-bond donors (Lipinski definition) is 1. The van der Waals surface area contributed by atoms with Gasteiger partial charge in [0.05, 0.1) is 15.6 Å². The molecular formula is C13H16N2OS. The number of nitrogens with two attached hydrogens (primary N) is 1. The first-order valence-electron chi connectivity index (χ1n) is 5.50. The number of benzene rings is 1. The summed E-state index contributed by atoms with van der Waals surface area (Å²) in [6.45, 7) is 7.73. The third kappa shape index (κ3) is 1.93. The van der Waals surface area contributed by atoms with E-state index >= 15 is 0 Å². The largest absolute Gasteiger partial charge is 0.369 e. The van der Waals surface area contributed by atoms with Gasteiger partial charge < -0.3 is 5.73 Å². The number of aromatic nitrogens is 1. The topological polar surface area (TPSA) is 56.0 Å². The number of aryl methyl sites for hydroxylation is 2. The highest BCUT2D eigenvalue weighted by Gasteiger charge is 2.31. The van der Waals surface area contributed by atoms with E-state index in [2.05, 4.69) is 24.0 Å². The smallest absolute Gasteiger partial charge is 0.229 e. The van der Waals surface area contributed by atoms with Crippen molar-refractivity contribution in [1.29, 1.82) is 0 Å². The van der Waals surface area contributed by atoms with Crippen molar-refractivity contribution in [3.63, 3.8) is 0 Å². The van der Waals surface area contributed by atoms with Crippen molar-refractivity contribution in [3.8, 4) is 0 Å². The fourth-order valence-electron chi connectivity index (χ4n) is 1.74. The van der Waals surface area contributed by atoms with Gasteiger partial charge in [-0.3, -0.25) is 4.79 Å². The second-order valence-corrected chi connectivity index (χ2v) is 5.97. The number of hydrogen-bond acceptors (Lipinski definition) is 3. The maximum atomic E-state index is 11.4. The molecule has 17 heavy (non-hydrogen) atoms. The average Bonchev–Trinajstić information content (AvgIpc) is 2.61. The Morgan fingerprint density at radius 2 is 2.00 bits per heavy atom. The lowest BCUT2D eigenvalue weighted by Crippen LogP contribution is -2.35. The molecule has 0 aliphatic carbocycles. The Balaban J connectivity index is 2.67. The second-order valence-electron chi connectivity index (χ2n) is 4.94. The zero-order valence-electron chi connectivity index (χ0n) is 10.5. The monoisotopic (exact) mass is 248 g/mol. The second kappa shape index (κ2) is 3.81. The van der Waals surface area contributed by atoms with Crippen molar-refractivity contribution in [2.75, 3.05) is 0 Å². The molecule has 2 rings (SSSR count). The summed E-state index contributed by atoms with van der Waals surface area (Å²) in [6, 6.07) is 4.20. The van der Waals surface area contributed by atoms with E-state index in [0.29, 0.717) is 0 Å². The Morgan fingerprint density at radius 3 is 2.59 bits per heavy atom. The number of rotatable bonds is 2. The highest BCUT2D eigenvalue weighted by atomic mass is 32.1. The first-order valence-corrected chi connectivity index (χ1v) is 6.32. The van der Waals surface area contributed by atoms with Crippen molar-refractivity contribution in [2.45, 2.75) is 33.1 Å². The summed E-state index contributed by atoms with van der Waals surface area (Å²) in [5, 5.41) is 0.786. The zero-order valence-corrected chi connectivity index (χ0v) is 11.3. The highest BCUT2D eigenvalue weighted by molar-refractivity contribution is 7.18. The van der Waals surface area contributed by atoms with Crippen molar-refractivity contribution >= 4 is 27.5 Å². The fourth-order valence-corrected chi connectivity index (χ4v) is 2.99. The van der Waals surface area contributed by atoms with E-state index in [4.69, 9.17) is 5.73 Å². The third-order valence-electron chi connectivity index (χ3n) is 2.98. The molecular weight excluding hydrogens is 232 g/mol. The van der Waals surface area contributed by atoms with Crippen molar-refractivity contribution in [1.82, 2.24) is 4.98 Å². The molecule has 2 N–H and O–H groups in total. The standard InChI is InChI=1S/C13H16N2OS/c1-7-5-8(2)10-9(6-7)17-12(15-10)13(3,4)11(14)16/h5-6H,1-4H3,(H2,14,16). The van der Waals surface area contributed by atoms with Crippen LogP contribution in [-0.2, 0) is 10.2 Å². The van der Waals surface area contributed by atoms with E-state index in [9.17, 15) is 4.79 Å². The molecule has 0 fully saturated rings. The third-order valence-corrected chi connectivity index (χ3v) is 4.31. The normalized spacial score (nSPS) is 12.0. The average molecular weight is 248 g/mol. The summed E-state index contributed by atoms with van der Waals surface area (Å²) in [5.74, 6) is -0.342. The van der Waals surface area contributed by atoms with E-state index in [1.807, 2.05) is 20.8 Å². The molecule has 3 nitrogen and oxygen atoms in total. The number of primary amides is 1. The molecule has 1 amide bonds. The van der Waals surface area contributed by atoms with Gasteiger partial charge in [-0.1, -0.05) is 6.07 Å². The number of thiazole rings is 1. The van der Waals surface area contributed by atoms with Crippen molar-refractivity contribution < 1.29 is 4.79 Å². The predicted molar refractivity (Wildman–Crippen MR) is 71.3 cm³/mol. The summed E-state index contributed by atoms with van der Waals surface area (Å²) in [4.78, 5) is 16.0. The number of fused-ring (bicyclic) bond motifs is 1. The van der Waals surface area contributed by atoms with Crippen LogP contribution in [0.2, 0.25) is 0 Å². The fraction of sp³-hybridized carbons (Fsp3) is 0.385. The Kier molecular flexibility index (Phi) is 2.70. The molecule has 0 radical (unpaired) electrons. The Bertz CT molecular complexity index is 599. The van der Waals surface area contributed by atoms with E-state index in [1.54, 1.807) is 11.3 Å². The van der Waals surface area contributed by atoms with Gasteiger partial charge in [-0.25, -0.2) is 4.98 Å². The van der Waals surface area contributed by atoms with Crippen molar-refractivity contribution in [3.05, 3.63) is 28.3 Å². The molecule has 1 aromatic heterocycles. The molecule has 90 valence electrons. The van der Waals surface area contributed by atoms with Gasteiger partial charge in [-0.15, -0.1) is 11.3 Å². The highest BCUT2D eigenvalue weighted by Crippen LogP contribution is 2.33. The summed E-state index contributed by atoms with van der Waals surface area (Å²) in [5.41, 5.74) is 8.04. The number of amides is 1. The first kappa shape index (κ1) is 12.0. The minimum Gasteiger partial charge on any atom is -0.369 e. The Hall–Kier alpha value is -1.42. The summed E-state index contributed by atoms with van der Waals surface area (Å²) < 4.78 is 1.12. The number of carbonyl (C=O) groups is 1. The van der Waals surface area contributed by atoms with Gasteiger partial charge >= 0.3 is 0 Å². The summed E-state index contributed by atoms with van der Waals surface area (Å²) in [7, 11) is 0. The van der Waals surface area contributed by atoms with Crippen LogP contribution in [0.5, 0.6) is 0 Å². The molecule has 0 spiro atoms. The van der Waals surface area contributed by atoms with E-state index in [1.165, 1.54) is 5.56 Å². The molecule has 1 heterocycles. The summed E-state index contributed by atoms with van der Waals surface area (Å²) in [6.07, 6.45) is 0.